The van der Waals surface area contributed by atoms with Gasteiger partial charge in [-0.3, -0.25) is 4.79 Å². The molecule has 0 bridgehead atoms. The van der Waals surface area contributed by atoms with Crippen molar-refractivity contribution in [1.29, 1.82) is 0 Å². The third kappa shape index (κ3) is 2.45. The van der Waals surface area contributed by atoms with Crippen LogP contribution in [0.5, 0.6) is 0 Å². The van der Waals surface area contributed by atoms with Crippen molar-refractivity contribution in [2.45, 2.75) is 65.7 Å². The van der Waals surface area contributed by atoms with E-state index in [0.717, 1.165) is 11.0 Å². The minimum absolute atomic E-state index is 0.0118. The van der Waals surface area contributed by atoms with Crippen LogP contribution in [0.15, 0.2) is 17.1 Å². The van der Waals surface area contributed by atoms with Crippen LogP contribution in [-0.4, -0.2) is 22.9 Å². The number of hydrogen-bond donors (Lipinski definition) is 0. The van der Waals surface area contributed by atoms with Gasteiger partial charge in [-0.2, -0.15) is 0 Å². The molecule has 4 nitrogen and oxygen atoms in total. The Bertz CT molecular complexity index is 559. The van der Waals surface area contributed by atoms with Gasteiger partial charge in [-0.25, -0.2) is 0 Å². The van der Waals surface area contributed by atoms with Crippen LogP contribution in [0.4, 0.5) is 0 Å². The van der Waals surface area contributed by atoms with Crippen molar-refractivity contribution in [2.75, 3.05) is 0 Å². The van der Waals surface area contributed by atoms with E-state index in [2.05, 4.69) is 0 Å². The van der Waals surface area contributed by atoms with Crippen LogP contribution in [0.2, 0.25) is 0 Å². The van der Waals surface area contributed by atoms with Crippen LogP contribution in [-0.2, 0) is 9.31 Å². The number of rotatable bonds is 2. The molecule has 0 spiro atoms. The first-order chi connectivity index (χ1) is 9.05. The molecular formula is C15H24BNO3. The van der Waals surface area contributed by atoms with Gasteiger partial charge in [0, 0.05) is 23.8 Å². The summed E-state index contributed by atoms with van der Waals surface area (Å²) in [4.78, 5) is 12.0. The van der Waals surface area contributed by atoms with Crippen molar-refractivity contribution in [1.82, 2.24) is 4.57 Å². The predicted molar refractivity (Wildman–Crippen MR) is 81.5 cm³/mol. The average Bonchev–Trinajstić information content (AvgIpc) is 2.47. The Morgan fingerprint density at radius 3 is 2.10 bits per heavy atom. The molecule has 0 radical (unpaired) electrons. The lowest BCUT2D eigenvalue weighted by Gasteiger charge is -2.32. The number of pyridine rings is 1. The molecule has 1 saturated heterocycles. The summed E-state index contributed by atoms with van der Waals surface area (Å²) in [6, 6.07) is 1.77. The second-order valence-corrected chi connectivity index (χ2v) is 6.84. The summed E-state index contributed by atoms with van der Waals surface area (Å²) < 4.78 is 13.9. The summed E-state index contributed by atoms with van der Waals surface area (Å²) in [6.45, 7) is 14.0. The Labute approximate surface area is 121 Å². The van der Waals surface area contributed by atoms with Gasteiger partial charge in [-0.15, -0.1) is 0 Å². The van der Waals surface area contributed by atoms with E-state index >= 15 is 0 Å². The molecule has 0 atom stereocenters. The molecule has 2 rings (SSSR count). The molecule has 2 heterocycles. The average molecular weight is 277 g/mol. The maximum atomic E-state index is 12.0. The second kappa shape index (κ2) is 4.74. The summed E-state index contributed by atoms with van der Waals surface area (Å²) in [5.41, 5.74) is 1.10. The Kier molecular flexibility index (Phi) is 3.63. The molecule has 0 amide bonds. The Morgan fingerprint density at radius 1 is 1.15 bits per heavy atom. The van der Waals surface area contributed by atoms with Crippen molar-refractivity contribution < 1.29 is 9.31 Å². The summed E-state index contributed by atoms with van der Waals surface area (Å²) in [7, 11) is -0.425. The van der Waals surface area contributed by atoms with Crippen LogP contribution in [0, 0.1) is 6.92 Å². The molecule has 0 aromatic carbocycles. The highest BCUT2D eigenvalue weighted by atomic mass is 16.7. The minimum Gasteiger partial charge on any atom is -0.399 e. The predicted octanol–water partition coefficient (Wildman–Crippen LogP) is 2.04. The highest BCUT2D eigenvalue weighted by molar-refractivity contribution is 6.62. The fourth-order valence-corrected chi connectivity index (χ4v) is 2.28. The molecule has 20 heavy (non-hydrogen) atoms. The molecule has 1 fully saturated rings. The van der Waals surface area contributed by atoms with Crippen LogP contribution < -0.4 is 11.0 Å². The normalized spacial score (nSPS) is 20.7. The molecule has 0 aliphatic carbocycles. The Balaban J connectivity index is 2.45. The van der Waals surface area contributed by atoms with Gasteiger partial charge in [0.1, 0.15) is 0 Å². The van der Waals surface area contributed by atoms with Gasteiger partial charge in [0.25, 0.3) is 5.56 Å². The van der Waals surface area contributed by atoms with Gasteiger partial charge < -0.3 is 13.9 Å². The summed E-state index contributed by atoms with van der Waals surface area (Å²) in [5.74, 6) is 0. The third-order valence-electron chi connectivity index (χ3n) is 4.39. The smallest absolute Gasteiger partial charge is 0.399 e. The van der Waals surface area contributed by atoms with Crippen LogP contribution >= 0.6 is 0 Å². The van der Waals surface area contributed by atoms with Gasteiger partial charge in [-0.05, 0) is 54.0 Å². The van der Waals surface area contributed by atoms with Gasteiger partial charge in [0.2, 0.25) is 0 Å². The lowest BCUT2D eigenvalue weighted by molar-refractivity contribution is 0.00578. The van der Waals surface area contributed by atoms with Gasteiger partial charge in [0.05, 0.1) is 11.2 Å². The monoisotopic (exact) mass is 277 g/mol. The standard InChI is InChI=1S/C15H24BNO3/c1-10(2)17-9-12(11(3)8-13(17)18)16-19-14(4,5)15(6,7)20-16/h8-10H,1-7H3. The first kappa shape index (κ1) is 15.3. The van der Waals surface area contributed by atoms with E-state index in [1.807, 2.05) is 54.7 Å². The molecular weight excluding hydrogens is 253 g/mol. The maximum Gasteiger partial charge on any atom is 0.496 e. The molecule has 0 N–H and O–H groups in total. The van der Waals surface area contributed by atoms with Crippen molar-refractivity contribution in [3.05, 3.63) is 28.2 Å². The van der Waals surface area contributed by atoms with E-state index in [0.29, 0.717) is 0 Å². The Morgan fingerprint density at radius 2 is 1.65 bits per heavy atom. The van der Waals surface area contributed by atoms with Crippen molar-refractivity contribution >= 4 is 12.6 Å². The lowest BCUT2D eigenvalue weighted by Crippen LogP contribution is -2.41. The summed E-state index contributed by atoms with van der Waals surface area (Å²) in [6.07, 6.45) is 1.87. The lowest BCUT2D eigenvalue weighted by atomic mass is 9.77. The molecule has 1 aliphatic heterocycles. The largest absolute Gasteiger partial charge is 0.496 e. The topological polar surface area (TPSA) is 40.5 Å². The van der Waals surface area contributed by atoms with Crippen LogP contribution in [0.1, 0.15) is 53.1 Å². The van der Waals surface area contributed by atoms with E-state index in [1.54, 1.807) is 10.6 Å². The summed E-state index contributed by atoms with van der Waals surface area (Å²) >= 11 is 0. The molecule has 5 heteroatoms. The van der Waals surface area contributed by atoms with Gasteiger partial charge in [-0.1, -0.05) is 0 Å². The van der Waals surface area contributed by atoms with Crippen molar-refractivity contribution in [3.63, 3.8) is 0 Å². The Hall–Kier alpha value is -1.07. The van der Waals surface area contributed by atoms with Gasteiger partial charge in [0.15, 0.2) is 0 Å². The number of aromatic nitrogens is 1. The zero-order chi connectivity index (χ0) is 15.3. The first-order valence-corrected chi connectivity index (χ1v) is 7.13. The van der Waals surface area contributed by atoms with Gasteiger partial charge >= 0.3 is 7.12 Å². The zero-order valence-electron chi connectivity index (χ0n) is 13.5. The second-order valence-electron chi connectivity index (χ2n) is 6.84. The SMILES string of the molecule is Cc1cc(=O)n(C(C)C)cc1B1OC(C)(C)C(C)(C)O1. The summed E-state index contributed by atoms with van der Waals surface area (Å²) in [5, 5.41) is 0. The molecule has 1 aromatic heterocycles. The van der Waals surface area contributed by atoms with E-state index in [-0.39, 0.29) is 22.8 Å². The first-order valence-electron chi connectivity index (χ1n) is 7.13. The maximum absolute atomic E-state index is 12.0. The molecule has 110 valence electrons. The minimum atomic E-state index is -0.425. The molecule has 1 aromatic rings. The zero-order valence-corrected chi connectivity index (χ0v) is 13.5. The van der Waals surface area contributed by atoms with E-state index in [1.165, 1.54) is 0 Å². The number of hydrogen-bond acceptors (Lipinski definition) is 3. The number of nitrogens with zero attached hydrogens (tertiary/aromatic N) is 1. The number of aryl methyl sites for hydroxylation is 1. The van der Waals surface area contributed by atoms with Crippen LogP contribution in [0.3, 0.4) is 0 Å². The van der Waals surface area contributed by atoms with Crippen molar-refractivity contribution in [3.8, 4) is 0 Å². The fraction of sp³-hybridized carbons (Fsp3) is 0.667. The van der Waals surface area contributed by atoms with E-state index < -0.39 is 7.12 Å². The fourth-order valence-electron chi connectivity index (χ4n) is 2.28. The van der Waals surface area contributed by atoms with E-state index in [4.69, 9.17) is 9.31 Å². The molecule has 0 saturated carbocycles. The molecule has 1 aliphatic rings. The highest BCUT2D eigenvalue weighted by Gasteiger charge is 2.52. The third-order valence-corrected chi connectivity index (χ3v) is 4.39. The van der Waals surface area contributed by atoms with E-state index in [9.17, 15) is 4.79 Å². The van der Waals surface area contributed by atoms with Crippen LogP contribution in [0.25, 0.3) is 0 Å². The van der Waals surface area contributed by atoms with Crippen molar-refractivity contribution in [2.24, 2.45) is 0 Å². The molecule has 0 unspecified atom stereocenters. The quantitative estimate of drug-likeness (QED) is 0.777. The highest BCUT2D eigenvalue weighted by Crippen LogP contribution is 2.36.